The molecule has 1 heterocycles. The highest BCUT2D eigenvalue weighted by atomic mass is 19.4. The summed E-state index contributed by atoms with van der Waals surface area (Å²) in [6.07, 6.45) is -4.61. The van der Waals surface area contributed by atoms with Crippen molar-refractivity contribution < 1.29 is 28.2 Å². The van der Waals surface area contributed by atoms with E-state index < -0.39 is 35.6 Å². The molecule has 1 aliphatic rings. The number of hydrogen-bond donors (Lipinski definition) is 2. The summed E-state index contributed by atoms with van der Waals surface area (Å²) in [5.41, 5.74) is -0.746. The van der Waals surface area contributed by atoms with Crippen LogP contribution >= 0.6 is 0 Å². The van der Waals surface area contributed by atoms with Crippen LogP contribution in [-0.4, -0.2) is 21.0 Å². The van der Waals surface area contributed by atoms with Crippen LogP contribution in [0.4, 0.5) is 13.2 Å². The zero-order valence-corrected chi connectivity index (χ0v) is 11.7. The maximum absolute atomic E-state index is 12.8. The number of carbonyl (C=O) groups is 1. The Morgan fingerprint density at radius 3 is 2.57 bits per heavy atom. The van der Waals surface area contributed by atoms with E-state index in [-0.39, 0.29) is 11.1 Å². The number of aliphatic hydroxyl groups excluding tert-OH is 2. The molecule has 0 aliphatic heterocycles. The molecular formula is C16H12F3NO3. The van der Waals surface area contributed by atoms with Gasteiger partial charge < -0.3 is 10.2 Å². The van der Waals surface area contributed by atoms with Crippen molar-refractivity contribution in [2.45, 2.75) is 18.4 Å². The lowest BCUT2D eigenvalue weighted by Crippen LogP contribution is -2.22. The Balaban J connectivity index is 1.99. The van der Waals surface area contributed by atoms with Gasteiger partial charge >= 0.3 is 6.18 Å². The highest BCUT2D eigenvalue weighted by molar-refractivity contribution is 6.03. The number of halogens is 3. The van der Waals surface area contributed by atoms with Gasteiger partial charge in [-0.25, -0.2) is 0 Å². The zero-order chi connectivity index (χ0) is 16.8. The number of pyridine rings is 1. The van der Waals surface area contributed by atoms with Gasteiger partial charge in [-0.3, -0.25) is 9.78 Å². The number of rotatable bonds is 2. The third kappa shape index (κ3) is 2.62. The summed E-state index contributed by atoms with van der Waals surface area (Å²) in [5.74, 6) is -1.84. The number of aromatic nitrogens is 1. The lowest BCUT2D eigenvalue weighted by atomic mass is 9.91. The van der Waals surface area contributed by atoms with E-state index in [1.807, 2.05) is 0 Å². The molecule has 1 aromatic heterocycles. The first kappa shape index (κ1) is 15.6. The van der Waals surface area contributed by atoms with Gasteiger partial charge in [0.2, 0.25) is 0 Å². The summed E-state index contributed by atoms with van der Waals surface area (Å²) in [7, 11) is 0. The number of fused-ring (bicyclic) bond motifs is 1. The molecule has 4 nitrogen and oxygen atoms in total. The van der Waals surface area contributed by atoms with Gasteiger partial charge in [-0.2, -0.15) is 13.2 Å². The first-order valence-corrected chi connectivity index (χ1v) is 6.82. The van der Waals surface area contributed by atoms with Crippen molar-refractivity contribution >= 4 is 5.78 Å². The van der Waals surface area contributed by atoms with Crippen molar-refractivity contribution in [2.75, 3.05) is 0 Å². The van der Waals surface area contributed by atoms with E-state index >= 15 is 0 Å². The normalized spacial score (nSPS) is 22.0. The molecule has 3 unspecified atom stereocenters. The first-order valence-electron chi connectivity index (χ1n) is 6.82. The topological polar surface area (TPSA) is 70.4 Å². The van der Waals surface area contributed by atoms with Gasteiger partial charge in [0.1, 0.15) is 0 Å². The van der Waals surface area contributed by atoms with Crippen molar-refractivity contribution in [3.05, 3.63) is 65.0 Å². The third-order valence-corrected chi connectivity index (χ3v) is 3.97. The molecule has 3 atom stereocenters. The molecule has 1 aromatic carbocycles. The molecule has 0 saturated heterocycles. The van der Waals surface area contributed by atoms with Crippen molar-refractivity contribution in [1.82, 2.24) is 4.98 Å². The predicted molar refractivity (Wildman–Crippen MR) is 73.4 cm³/mol. The van der Waals surface area contributed by atoms with E-state index in [0.717, 1.165) is 18.2 Å². The molecule has 0 bridgehead atoms. The summed E-state index contributed by atoms with van der Waals surface area (Å²) >= 11 is 0. The Hall–Kier alpha value is -2.25. The van der Waals surface area contributed by atoms with Crippen LogP contribution in [0.1, 0.15) is 39.3 Å². The highest BCUT2D eigenvalue weighted by Crippen LogP contribution is 2.44. The lowest BCUT2D eigenvalue weighted by Gasteiger charge is -2.20. The Labute approximate surface area is 129 Å². The second kappa shape index (κ2) is 5.43. The van der Waals surface area contributed by atoms with Gasteiger partial charge in [0.15, 0.2) is 5.78 Å². The summed E-state index contributed by atoms with van der Waals surface area (Å²) in [4.78, 5) is 16.2. The number of hydrogen-bond acceptors (Lipinski definition) is 4. The van der Waals surface area contributed by atoms with Gasteiger partial charge in [0, 0.05) is 18.0 Å². The Kier molecular flexibility index (Phi) is 3.69. The minimum absolute atomic E-state index is 0.00144. The average Bonchev–Trinajstić information content (AvgIpc) is 2.78. The molecule has 1 aliphatic carbocycles. The van der Waals surface area contributed by atoms with Gasteiger partial charge in [-0.15, -0.1) is 0 Å². The van der Waals surface area contributed by atoms with Crippen LogP contribution in [0.5, 0.6) is 0 Å². The lowest BCUT2D eigenvalue weighted by molar-refractivity contribution is -0.137. The standard InChI is InChI=1S/C16H12F3NO3/c17-16(18,19)9-3-4-10-11(6-9)15(23)12(14(10)22)13(21)8-2-1-5-20-7-8/h1-7,12-13,15,21,23H. The van der Waals surface area contributed by atoms with Crippen LogP contribution < -0.4 is 0 Å². The number of benzene rings is 1. The maximum atomic E-state index is 12.8. The van der Waals surface area contributed by atoms with Gasteiger partial charge in [0.05, 0.1) is 23.7 Å². The molecule has 2 aromatic rings. The monoisotopic (exact) mass is 323 g/mol. The van der Waals surface area contributed by atoms with Crippen LogP contribution in [0.2, 0.25) is 0 Å². The second-order valence-corrected chi connectivity index (χ2v) is 5.37. The van der Waals surface area contributed by atoms with Crippen LogP contribution in [0.25, 0.3) is 0 Å². The van der Waals surface area contributed by atoms with Crippen LogP contribution in [0.15, 0.2) is 42.7 Å². The summed E-state index contributed by atoms with van der Waals surface area (Å²) in [6.45, 7) is 0. The van der Waals surface area contributed by atoms with E-state index in [0.29, 0.717) is 5.56 Å². The number of nitrogens with zero attached hydrogens (tertiary/aromatic N) is 1. The fraction of sp³-hybridized carbons (Fsp3) is 0.250. The van der Waals surface area contributed by atoms with Gasteiger partial charge in [-0.1, -0.05) is 12.1 Å². The molecular weight excluding hydrogens is 311 g/mol. The average molecular weight is 323 g/mol. The van der Waals surface area contributed by atoms with Crippen molar-refractivity contribution in [3.8, 4) is 0 Å². The fourth-order valence-electron chi connectivity index (χ4n) is 2.80. The fourth-order valence-corrected chi connectivity index (χ4v) is 2.80. The highest BCUT2D eigenvalue weighted by Gasteiger charge is 2.45. The smallest absolute Gasteiger partial charge is 0.388 e. The quantitative estimate of drug-likeness (QED) is 0.891. The molecule has 3 rings (SSSR count). The molecule has 0 amide bonds. The molecule has 0 radical (unpaired) electrons. The number of alkyl halides is 3. The van der Waals surface area contributed by atoms with E-state index in [1.165, 1.54) is 18.5 Å². The number of Topliss-reactive ketones (excluding diaryl/α,β-unsaturated/α-hetero) is 1. The van der Waals surface area contributed by atoms with E-state index in [4.69, 9.17) is 0 Å². The number of ketones is 1. The summed E-state index contributed by atoms with van der Waals surface area (Å²) in [5, 5.41) is 20.6. The van der Waals surface area contributed by atoms with Crippen molar-refractivity contribution in [2.24, 2.45) is 5.92 Å². The van der Waals surface area contributed by atoms with Crippen molar-refractivity contribution in [1.29, 1.82) is 0 Å². The van der Waals surface area contributed by atoms with E-state index in [1.54, 1.807) is 6.07 Å². The minimum Gasteiger partial charge on any atom is -0.388 e. The third-order valence-electron chi connectivity index (χ3n) is 3.97. The Morgan fingerprint density at radius 1 is 1.22 bits per heavy atom. The zero-order valence-electron chi connectivity index (χ0n) is 11.7. The van der Waals surface area contributed by atoms with Gasteiger partial charge in [-0.05, 0) is 29.3 Å². The molecule has 0 fully saturated rings. The predicted octanol–water partition coefficient (Wildman–Crippen LogP) is 2.68. The van der Waals surface area contributed by atoms with E-state index in [2.05, 4.69) is 4.98 Å². The SMILES string of the molecule is O=C1c2ccc(C(F)(F)F)cc2C(O)C1C(O)c1cccnc1. The molecule has 0 saturated carbocycles. The largest absolute Gasteiger partial charge is 0.416 e. The maximum Gasteiger partial charge on any atom is 0.416 e. The van der Waals surface area contributed by atoms with Crippen molar-refractivity contribution in [3.63, 3.8) is 0 Å². The first-order chi connectivity index (χ1) is 10.8. The van der Waals surface area contributed by atoms with Crippen LogP contribution in [0.3, 0.4) is 0 Å². The Bertz CT molecular complexity index is 746. The minimum atomic E-state index is -4.57. The van der Waals surface area contributed by atoms with Crippen LogP contribution in [0, 0.1) is 5.92 Å². The second-order valence-electron chi connectivity index (χ2n) is 5.37. The Morgan fingerprint density at radius 2 is 1.96 bits per heavy atom. The molecule has 23 heavy (non-hydrogen) atoms. The summed E-state index contributed by atoms with van der Waals surface area (Å²) < 4.78 is 38.3. The number of carbonyl (C=O) groups excluding carboxylic acids is 1. The molecule has 120 valence electrons. The van der Waals surface area contributed by atoms with Gasteiger partial charge in [0.25, 0.3) is 0 Å². The summed E-state index contributed by atoms with van der Waals surface area (Å²) in [6, 6.07) is 5.68. The molecule has 7 heteroatoms. The number of aliphatic hydroxyl groups is 2. The van der Waals surface area contributed by atoms with Crippen LogP contribution in [-0.2, 0) is 6.18 Å². The molecule has 0 spiro atoms. The van der Waals surface area contributed by atoms with E-state index in [9.17, 15) is 28.2 Å². The molecule has 2 N–H and O–H groups in total.